The predicted molar refractivity (Wildman–Crippen MR) is 87.6 cm³/mol. The molecule has 0 aliphatic carbocycles. The zero-order valence-corrected chi connectivity index (χ0v) is 14.1. The molecule has 0 amide bonds. The lowest BCUT2D eigenvalue weighted by atomic mass is 9.98. The smallest absolute Gasteiger partial charge is 0.137 e. The van der Waals surface area contributed by atoms with Gasteiger partial charge in [-0.15, -0.1) is 0 Å². The molecule has 0 aliphatic rings. The Balaban J connectivity index is 2.42. The van der Waals surface area contributed by atoms with Crippen molar-refractivity contribution in [1.29, 1.82) is 0 Å². The molecule has 0 saturated carbocycles. The molecule has 0 radical (unpaired) electrons. The summed E-state index contributed by atoms with van der Waals surface area (Å²) >= 11 is 9.42. The molecule has 1 N–H and O–H groups in total. The van der Waals surface area contributed by atoms with Crippen LogP contribution in [0.5, 0.6) is 5.75 Å². The van der Waals surface area contributed by atoms with Crippen LogP contribution in [0.15, 0.2) is 40.9 Å². The third kappa shape index (κ3) is 3.76. The predicted octanol–water partition coefficient (Wildman–Crippen LogP) is 4.95. The van der Waals surface area contributed by atoms with Gasteiger partial charge in [0.15, 0.2) is 0 Å². The molecule has 2 aromatic rings. The van der Waals surface area contributed by atoms with Crippen LogP contribution >= 0.6 is 27.5 Å². The van der Waals surface area contributed by atoms with Crippen molar-refractivity contribution >= 4 is 27.5 Å². The molecule has 0 spiro atoms. The normalized spacial score (nSPS) is 12.2. The van der Waals surface area contributed by atoms with Crippen molar-refractivity contribution in [3.05, 3.63) is 62.8 Å². The number of ether oxygens (including phenoxy) is 1. The Labute approximate surface area is 137 Å². The summed E-state index contributed by atoms with van der Waals surface area (Å²) in [5.74, 6) is 0.359. The minimum atomic E-state index is -0.276. The van der Waals surface area contributed by atoms with Crippen molar-refractivity contribution in [3.8, 4) is 5.75 Å². The number of methoxy groups -OCH3 is 1. The maximum absolute atomic E-state index is 13.4. The summed E-state index contributed by atoms with van der Waals surface area (Å²) in [5, 5.41) is 3.94. The van der Waals surface area contributed by atoms with Gasteiger partial charge in [-0.05, 0) is 57.9 Å². The van der Waals surface area contributed by atoms with E-state index in [-0.39, 0.29) is 11.9 Å². The van der Waals surface area contributed by atoms with Crippen LogP contribution in [0, 0.1) is 5.82 Å². The molecule has 112 valence electrons. The Kier molecular flexibility index (Phi) is 5.62. The molecular weight excluding hydrogens is 357 g/mol. The molecule has 1 atom stereocenters. The molecular formula is C16H16BrClFNO. The second-order valence-corrected chi connectivity index (χ2v) is 5.82. The van der Waals surface area contributed by atoms with Gasteiger partial charge in [-0.2, -0.15) is 0 Å². The summed E-state index contributed by atoms with van der Waals surface area (Å²) in [5.41, 5.74) is 1.97. The zero-order valence-electron chi connectivity index (χ0n) is 11.8. The first-order valence-electron chi connectivity index (χ1n) is 6.58. The Bertz CT molecular complexity index is 636. The minimum Gasteiger partial charge on any atom is -0.495 e. The molecule has 2 aromatic carbocycles. The third-order valence-corrected chi connectivity index (χ3v) is 4.10. The van der Waals surface area contributed by atoms with Gasteiger partial charge in [0, 0.05) is 0 Å². The number of hydrogen-bond donors (Lipinski definition) is 1. The number of benzene rings is 2. The van der Waals surface area contributed by atoms with E-state index < -0.39 is 0 Å². The first-order valence-corrected chi connectivity index (χ1v) is 7.75. The van der Waals surface area contributed by atoms with E-state index in [9.17, 15) is 4.39 Å². The molecule has 0 aliphatic heterocycles. The second kappa shape index (κ2) is 7.25. The van der Waals surface area contributed by atoms with Crippen LogP contribution in [0.4, 0.5) is 4.39 Å². The average Bonchev–Trinajstić information content (AvgIpc) is 2.48. The number of rotatable bonds is 5. The SMILES string of the molecule is CCNC(c1ccc(OC)c(Cl)c1)c1ccc(F)c(Br)c1. The zero-order chi connectivity index (χ0) is 15.4. The highest BCUT2D eigenvalue weighted by molar-refractivity contribution is 9.10. The van der Waals surface area contributed by atoms with Gasteiger partial charge in [-0.1, -0.05) is 30.7 Å². The van der Waals surface area contributed by atoms with Crippen LogP contribution in [0.1, 0.15) is 24.1 Å². The van der Waals surface area contributed by atoms with Crippen molar-refractivity contribution in [2.45, 2.75) is 13.0 Å². The fourth-order valence-corrected chi connectivity index (χ4v) is 2.85. The molecule has 1 unspecified atom stereocenters. The highest BCUT2D eigenvalue weighted by Gasteiger charge is 2.16. The standard InChI is InChI=1S/C16H16BrClFNO/c1-3-20-16(10-4-6-14(19)12(17)8-10)11-5-7-15(21-2)13(18)9-11/h4-9,16,20H,3H2,1-2H3. The maximum atomic E-state index is 13.4. The monoisotopic (exact) mass is 371 g/mol. The van der Waals surface area contributed by atoms with E-state index >= 15 is 0 Å². The minimum absolute atomic E-state index is 0.0599. The first kappa shape index (κ1) is 16.3. The summed E-state index contributed by atoms with van der Waals surface area (Å²) in [6.45, 7) is 2.81. The highest BCUT2D eigenvalue weighted by atomic mass is 79.9. The van der Waals surface area contributed by atoms with Gasteiger partial charge < -0.3 is 10.1 Å². The molecule has 0 aromatic heterocycles. The van der Waals surface area contributed by atoms with Crippen molar-refractivity contribution in [2.24, 2.45) is 0 Å². The Morgan fingerprint density at radius 2 is 1.90 bits per heavy atom. The molecule has 5 heteroatoms. The third-order valence-electron chi connectivity index (χ3n) is 3.19. The fourth-order valence-electron chi connectivity index (χ4n) is 2.19. The molecule has 0 bridgehead atoms. The maximum Gasteiger partial charge on any atom is 0.137 e. The van der Waals surface area contributed by atoms with E-state index in [1.807, 2.05) is 25.1 Å². The lowest BCUT2D eigenvalue weighted by Crippen LogP contribution is -2.22. The summed E-state index contributed by atoms with van der Waals surface area (Å²) in [6.07, 6.45) is 0. The Hall–Kier alpha value is -1.10. The van der Waals surface area contributed by atoms with Gasteiger partial charge in [0.05, 0.1) is 22.6 Å². The summed E-state index contributed by atoms with van der Waals surface area (Å²) in [7, 11) is 1.58. The lowest BCUT2D eigenvalue weighted by molar-refractivity contribution is 0.414. The summed E-state index contributed by atoms with van der Waals surface area (Å²) < 4.78 is 19.0. The summed E-state index contributed by atoms with van der Waals surface area (Å²) in [4.78, 5) is 0. The number of hydrogen-bond acceptors (Lipinski definition) is 2. The van der Waals surface area contributed by atoms with Gasteiger partial charge in [-0.3, -0.25) is 0 Å². The van der Waals surface area contributed by atoms with Gasteiger partial charge in [0.1, 0.15) is 11.6 Å². The summed E-state index contributed by atoms with van der Waals surface area (Å²) in [6, 6.07) is 10.6. The van der Waals surface area contributed by atoms with Crippen LogP contribution in [-0.2, 0) is 0 Å². The van der Waals surface area contributed by atoms with Gasteiger partial charge >= 0.3 is 0 Å². The molecule has 0 fully saturated rings. The lowest BCUT2D eigenvalue weighted by Gasteiger charge is -2.20. The topological polar surface area (TPSA) is 21.3 Å². The second-order valence-electron chi connectivity index (χ2n) is 4.56. The number of halogens is 3. The molecule has 2 rings (SSSR count). The van der Waals surface area contributed by atoms with Gasteiger partial charge in [-0.25, -0.2) is 4.39 Å². The molecule has 21 heavy (non-hydrogen) atoms. The van der Waals surface area contributed by atoms with Crippen molar-refractivity contribution in [1.82, 2.24) is 5.32 Å². The van der Waals surface area contributed by atoms with E-state index in [0.29, 0.717) is 15.2 Å². The van der Waals surface area contributed by atoms with Gasteiger partial charge in [0.2, 0.25) is 0 Å². The van der Waals surface area contributed by atoms with Crippen LogP contribution in [0.3, 0.4) is 0 Å². The Morgan fingerprint density at radius 3 is 2.48 bits per heavy atom. The highest BCUT2D eigenvalue weighted by Crippen LogP contribution is 2.31. The fraction of sp³-hybridized carbons (Fsp3) is 0.250. The van der Waals surface area contributed by atoms with Crippen LogP contribution in [0.25, 0.3) is 0 Å². The van der Waals surface area contributed by atoms with Crippen molar-refractivity contribution in [3.63, 3.8) is 0 Å². The quantitative estimate of drug-likeness (QED) is 0.802. The molecule has 2 nitrogen and oxygen atoms in total. The average molecular weight is 373 g/mol. The van der Waals surface area contributed by atoms with Crippen LogP contribution < -0.4 is 10.1 Å². The Morgan fingerprint density at radius 1 is 1.24 bits per heavy atom. The van der Waals surface area contributed by atoms with E-state index in [0.717, 1.165) is 17.7 Å². The van der Waals surface area contributed by atoms with E-state index in [4.69, 9.17) is 16.3 Å². The van der Waals surface area contributed by atoms with Crippen molar-refractivity contribution in [2.75, 3.05) is 13.7 Å². The number of nitrogens with one attached hydrogen (secondary N) is 1. The first-order chi connectivity index (χ1) is 10.1. The largest absolute Gasteiger partial charge is 0.495 e. The van der Waals surface area contributed by atoms with Gasteiger partial charge in [0.25, 0.3) is 0 Å². The molecule has 0 saturated heterocycles. The van der Waals surface area contributed by atoms with E-state index in [1.54, 1.807) is 19.2 Å². The van der Waals surface area contributed by atoms with Crippen LogP contribution in [-0.4, -0.2) is 13.7 Å². The van der Waals surface area contributed by atoms with Crippen molar-refractivity contribution < 1.29 is 9.13 Å². The van der Waals surface area contributed by atoms with E-state index in [1.165, 1.54) is 6.07 Å². The van der Waals surface area contributed by atoms with Crippen LogP contribution in [0.2, 0.25) is 5.02 Å². The molecule has 0 heterocycles. The van der Waals surface area contributed by atoms with E-state index in [2.05, 4.69) is 21.2 Å².